The molecule has 5 rings (SSSR count). The fourth-order valence-electron chi connectivity index (χ4n) is 4.54. The molecule has 2 aliphatic heterocycles. The molecule has 7 heteroatoms. The average Bonchev–Trinajstić information content (AvgIpc) is 3.35. The Bertz CT molecular complexity index is 1150. The first-order valence-corrected chi connectivity index (χ1v) is 10.9. The second kappa shape index (κ2) is 8.15. The second-order valence-corrected chi connectivity index (χ2v) is 8.32. The molecule has 1 aromatic heterocycles. The zero-order chi connectivity index (χ0) is 22.1. The first kappa shape index (κ1) is 20.3. The van der Waals surface area contributed by atoms with E-state index in [1.165, 1.54) is 0 Å². The lowest BCUT2D eigenvalue weighted by Crippen LogP contribution is -2.52. The number of aromatic nitrogens is 2. The number of ether oxygens (including phenoxy) is 2. The third kappa shape index (κ3) is 3.75. The standard InChI is InChI=1S/C25H25N3O4/c1-2-31-19-6-7-23-20(15-19)22(29)16-25(32-23)9-12-28(13-10-25)24(30)18-5-3-4-17(14-18)21-8-11-26-27-21/h3-8,11,14-15H,2,9-10,12-13,16H2,1H3,(H,26,27). The molecule has 1 fully saturated rings. The van der Waals surface area contributed by atoms with Gasteiger partial charge in [-0.15, -0.1) is 0 Å². The van der Waals surface area contributed by atoms with Crippen molar-refractivity contribution in [1.29, 1.82) is 0 Å². The first-order chi connectivity index (χ1) is 15.6. The molecule has 0 saturated carbocycles. The summed E-state index contributed by atoms with van der Waals surface area (Å²) in [4.78, 5) is 27.9. The van der Waals surface area contributed by atoms with Crippen LogP contribution in [0.3, 0.4) is 0 Å². The maximum Gasteiger partial charge on any atom is 0.253 e. The van der Waals surface area contributed by atoms with E-state index in [0.29, 0.717) is 61.6 Å². The number of aromatic amines is 1. The predicted octanol–water partition coefficient (Wildman–Crippen LogP) is 4.12. The van der Waals surface area contributed by atoms with Crippen molar-refractivity contribution >= 4 is 11.7 Å². The van der Waals surface area contributed by atoms with Crippen LogP contribution in [0.4, 0.5) is 0 Å². The molecule has 1 amide bonds. The quantitative estimate of drug-likeness (QED) is 0.672. The molecule has 164 valence electrons. The molecule has 7 nitrogen and oxygen atoms in total. The number of benzene rings is 2. The SMILES string of the molecule is CCOc1ccc2c(c1)C(=O)CC1(CCN(C(=O)c3cccc(-c4ccn[nH]4)c3)CC1)O2. The van der Waals surface area contributed by atoms with Crippen molar-refractivity contribution in [2.45, 2.75) is 31.8 Å². The molecule has 0 atom stereocenters. The van der Waals surface area contributed by atoms with E-state index in [4.69, 9.17) is 9.47 Å². The number of fused-ring (bicyclic) bond motifs is 1. The van der Waals surface area contributed by atoms with Crippen molar-refractivity contribution in [3.05, 3.63) is 65.9 Å². The summed E-state index contributed by atoms with van der Waals surface area (Å²) >= 11 is 0. The molecule has 3 aromatic rings. The van der Waals surface area contributed by atoms with Crippen molar-refractivity contribution in [1.82, 2.24) is 15.1 Å². The van der Waals surface area contributed by atoms with E-state index < -0.39 is 5.60 Å². The van der Waals surface area contributed by atoms with Crippen molar-refractivity contribution in [3.63, 3.8) is 0 Å². The highest BCUT2D eigenvalue weighted by molar-refractivity contribution is 6.01. The Kier molecular flexibility index (Phi) is 5.17. The molecule has 1 spiro atoms. The molecule has 2 aromatic carbocycles. The van der Waals surface area contributed by atoms with Gasteiger partial charge in [0, 0.05) is 43.3 Å². The topological polar surface area (TPSA) is 84.5 Å². The van der Waals surface area contributed by atoms with Crippen LogP contribution >= 0.6 is 0 Å². The number of H-pyrrole nitrogens is 1. The van der Waals surface area contributed by atoms with Crippen LogP contribution in [0.5, 0.6) is 11.5 Å². The Morgan fingerprint density at radius 1 is 1.19 bits per heavy atom. The number of nitrogens with zero attached hydrogens (tertiary/aromatic N) is 2. The molecule has 32 heavy (non-hydrogen) atoms. The van der Waals surface area contributed by atoms with Gasteiger partial charge in [0.2, 0.25) is 0 Å². The number of carbonyl (C=O) groups is 2. The number of ketones is 1. The summed E-state index contributed by atoms with van der Waals surface area (Å²) in [5.74, 6) is 1.35. The summed E-state index contributed by atoms with van der Waals surface area (Å²) in [6.07, 6.45) is 3.26. The number of carbonyl (C=O) groups excluding carboxylic acids is 2. The highest BCUT2D eigenvalue weighted by Gasteiger charge is 2.43. The highest BCUT2D eigenvalue weighted by Crippen LogP contribution is 2.40. The molecule has 0 bridgehead atoms. The lowest BCUT2D eigenvalue weighted by atomic mass is 9.82. The van der Waals surface area contributed by atoms with Gasteiger partial charge in [-0.1, -0.05) is 12.1 Å². The van der Waals surface area contributed by atoms with Gasteiger partial charge in [0.15, 0.2) is 5.78 Å². The third-order valence-corrected chi connectivity index (χ3v) is 6.25. The zero-order valence-corrected chi connectivity index (χ0v) is 18.0. The van der Waals surface area contributed by atoms with Crippen molar-refractivity contribution in [2.75, 3.05) is 19.7 Å². The van der Waals surface area contributed by atoms with Gasteiger partial charge < -0.3 is 14.4 Å². The molecular formula is C25H25N3O4. The molecule has 0 unspecified atom stereocenters. The monoisotopic (exact) mass is 431 g/mol. The molecule has 0 radical (unpaired) electrons. The lowest BCUT2D eigenvalue weighted by molar-refractivity contribution is -0.00578. The van der Waals surface area contributed by atoms with E-state index in [0.717, 1.165) is 11.3 Å². The summed E-state index contributed by atoms with van der Waals surface area (Å²) in [6.45, 7) is 3.56. The number of rotatable bonds is 4. The van der Waals surface area contributed by atoms with E-state index in [2.05, 4.69) is 10.2 Å². The molecule has 2 aliphatic rings. The van der Waals surface area contributed by atoms with Gasteiger partial charge in [0.25, 0.3) is 5.91 Å². The Morgan fingerprint density at radius 2 is 2.03 bits per heavy atom. The molecular weight excluding hydrogens is 406 g/mol. The fourth-order valence-corrected chi connectivity index (χ4v) is 4.54. The largest absolute Gasteiger partial charge is 0.494 e. The minimum absolute atomic E-state index is 0.00916. The van der Waals surface area contributed by atoms with E-state index in [9.17, 15) is 9.59 Å². The van der Waals surface area contributed by atoms with Gasteiger partial charge >= 0.3 is 0 Å². The normalized spacial score (nSPS) is 17.0. The Labute approximate surface area is 186 Å². The summed E-state index contributed by atoms with van der Waals surface area (Å²) in [5.41, 5.74) is 2.47. The summed E-state index contributed by atoms with van der Waals surface area (Å²) in [6, 6.07) is 14.8. The molecule has 1 N–H and O–H groups in total. The van der Waals surface area contributed by atoms with Crippen LogP contribution in [0.15, 0.2) is 54.7 Å². The van der Waals surface area contributed by atoms with Crippen molar-refractivity contribution in [2.24, 2.45) is 0 Å². The Balaban J connectivity index is 1.29. The van der Waals surface area contributed by atoms with E-state index >= 15 is 0 Å². The Morgan fingerprint density at radius 3 is 2.78 bits per heavy atom. The van der Waals surface area contributed by atoms with Crippen LogP contribution in [-0.2, 0) is 0 Å². The minimum Gasteiger partial charge on any atom is -0.494 e. The number of nitrogens with one attached hydrogen (secondary N) is 1. The minimum atomic E-state index is -0.550. The van der Waals surface area contributed by atoms with Crippen LogP contribution < -0.4 is 9.47 Å². The van der Waals surface area contributed by atoms with Gasteiger partial charge in [-0.25, -0.2) is 0 Å². The van der Waals surface area contributed by atoms with Gasteiger partial charge in [-0.3, -0.25) is 14.7 Å². The van der Waals surface area contributed by atoms with E-state index in [1.807, 2.05) is 54.3 Å². The van der Waals surface area contributed by atoms with Crippen molar-refractivity contribution < 1.29 is 19.1 Å². The zero-order valence-electron chi connectivity index (χ0n) is 18.0. The van der Waals surface area contributed by atoms with Crippen LogP contribution in [0.25, 0.3) is 11.3 Å². The first-order valence-electron chi connectivity index (χ1n) is 10.9. The number of piperidine rings is 1. The maximum atomic E-state index is 13.1. The Hall–Kier alpha value is -3.61. The average molecular weight is 431 g/mol. The van der Waals surface area contributed by atoms with Gasteiger partial charge in [-0.2, -0.15) is 5.10 Å². The van der Waals surface area contributed by atoms with Crippen LogP contribution in [0.2, 0.25) is 0 Å². The van der Waals surface area contributed by atoms with Crippen LogP contribution in [-0.4, -0.2) is 52.1 Å². The van der Waals surface area contributed by atoms with Gasteiger partial charge in [0.1, 0.15) is 17.1 Å². The number of likely N-dealkylation sites (tertiary alicyclic amines) is 1. The third-order valence-electron chi connectivity index (χ3n) is 6.25. The fraction of sp³-hybridized carbons (Fsp3) is 0.320. The second-order valence-electron chi connectivity index (χ2n) is 8.32. The summed E-state index contributed by atoms with van der Waals surface area (Å²) in [7, 11) is 0. The van der Waals surface area contributed by atoms with Crippen molar-refractivity contribution in [3.8, 4) is 22.8 Å². The predicted molar refractivity (Wildman–Crippen MR) is 119 cm³/mol. The number of hydrogen-bond donors (Lipinski definition) is 1. The smallest absolute Gasteiger partial charge is 0.253 e. The highest BCUT2D eigenvalue weighted by atomic mass is 16.5. The van der Waals surface area contributed by atoms with E-state index in [-0.39, 0.29) is 11.7 Å². The van der Waals surface area contributed by atoms with Crippen LogP contribution in [0.1, 0.15) is 46.9 Å². The van der Waals surface area contributed by atoms with Crippen LogP contribution in [0, 0.1) is 0 Å². The maximum absolute atomic E-state index is 13.1. The van der Waals surface area contributed by atoms with Gasteiger partial charge in [-0.05, 0) is 43.3 Å². The molecule has 1 saturated heterocycles. The number of amides is 1. The van der Waals surface area contributed by atoms with E-state index in [1.54, 1.807) is 12.3 Å². The molecule has 0 aliphatic carbocycles. The summed E-state index contributed by atoms with van der Waals surface area (Å²) in [5, 5.41) is 6.91. The van der Waals surface area contributed by atoms with Gasteiger partial charge in [0.05, 0.1) is 24.3 Å². The number of hydrogen-bond acceptors (Lipinski definition) is 5. The lowest BCUT2D eigenvalue weighted by Gasteiger charge is -2.44. The number of Topliss-reactive ketones (excluding diaryl/α,β-unsaturated/α-hetero) is 1. The molecule has 3 heterocycles. The summed E-state index contributed by atoms with van der Waals surface area (Å²) < 4.78 is 11.9.